The lowest BCUT2D eigenvalue weighted by atomic mass is 10.1. The molecule has 0 atom stereocenters. The molecule has 6 nitrogen and oxygen atoms in total. The first-order chi connectivity index (χ1) is 8.90. The van der Waals surface area contributed by atoms with E-state index in [9.17, 15) is 12.8 Å². The van der Waals surface area contributed by atoms with Crippen molar-refractivity contribution in [3.05, 3.63) is 17.9 Å². The van der Waals surface area contributed by atoms with Crippen LogP contribution in [0.15, 0.2) is 17.0 Å². The van der Waals surface area contributed by atoms with Crippen molar-refractivity contribution < 1.29 is 22.7 Å². The molecule has 0 bridgehead atoms. The molecule has 2 rings (SSSR count). The minimum Gasteiger partial charge on any atom is -0.492 e. The second kappa shape index (κ2) is 4.95. The molecule has 1 aliphatic rings. The summed E-state index contributed by atoms with van der Waals surface area (Å²) in [6.07, 6.45) is 0. The largest absolute Gasteiger partial charge is 0.492 e. The normalized spacial score (nSPS) is 17.2. The topological polar surface area (TPSA) is 92.9 Å². The highest BCUT2D eigenvalue weighted by atomic mass is 32.2. The van der Waals surface area contributed by atoms with Crippen molar-refractivity contribution in [1.29, 1.82) is 0 Å². The lowest BCUT2D eigenvalue weighted by molar-refractivity contribution is 0.117. The summed E-state index contributed by atoms with van der Waals surface area (Å²) in [6.45, 7) is 0.393. The Bertz CT molecular complexity index is 561. The van der Waals surface area contributed by atoms with Gasteiger partial charge in [0.1, 0.15) is 0 Å². The van der Waals surface area contributed by atoms with Crippen molar-refractivity contribution >= 4 is 15.7 Å². The number of sulfonamides is 1. The third-order valence-corrected chi connectivity index (χ3v) is 4.88. The average Bonchev–Trinajstić information content (AvgIpc) is 2.26. The first kappa shape index (κ1) is 14.0. The zero-order valence-electron chi connectivity index (χ0n) is 10.3. The highest BCUT2D eigenvalue weighted by Crippen LogP contribution is 2.31. The molecule has 1 heterocycles. The Morgan fingerprint density at radius 1 is 1.53 bits per heavy atom. The lowest BCUT2D eigenvalue weighted by Gasteiger charge is -2.36. The number of nitrogens with two attached hydrogens (primary N) is 1. The second-order valence-corrected chi connectivity index (χ2v) is 6.34. The zero-order chi connectivity index (χ0) is 14.2. The van der Waals surface area contributed by atoms with Gasteiger partial charge in [-0.05, 0) is 12.1 Å². The van der Waals surface area contributed by atoms with Crippen molar-refractivity contribution in [2.75, 3.05) is 32.5 Å². The van der Waals surface area contributed by atoms with Crippen LogP contribution in [0, 0.1) is 11.7 Å². The third-order valence-electron chi connectivity index (χ3n) is 3.07. The summed E-state index contributed by atoms with van der Waals surface area (Å²) in [5.74, 6) is -1.05. The summed E-state index contributed by atoms with van der Waals surface area (Å²) < 4.78 is 43.9. The number of nitrogens with zero attached hydrogens (tertiary/aromatic N) is 1. The van der Waals surface area contributed by atoms with Gasteiger partial charge < -0.3 is 15.6 Å². The van der Waals surface area contributed by atoms with E-state index in [0.29, 0.717) is 0 Å². The van der Waals surface area contributed by atoms with E-state index in [1.54, 1.807) is 0 Å². The van der Waals surface area contributed by atoms with E-state index in [2.05, 4.69) is 0 Å². The number of aliphatic hydroxyl groups excluding tert-OH is 1. The summed E-state index contributed by atoms with van der Waals surface area (Å²) in [6, 6.07) is 2.06. The summed E-state index contributed by atoms with van der Waals surface area (Å²) in [5.41, 5.74) is 5.49. The monoisotopic (exact) mass is 290 g/mol. The number of hydrogen-bond acceptors (Lipinski definition) is 5. The second-order valence-electron chi connectivity index (χ2n) is 4.40. The Hall–Kier alpha value is -1.38. The third kappa shape index (κ3) is 2.38. The smallest absolute Gasteiger partial charge is 0.243 e. The van der Waals surface area contributed by atoms with Crippen LogP contribution in [0.3, 0.4) is 0 Å². The fraction of sp³-hybridized carbons (Fsp3) is 0.455. The van der Waals surface area contributed by atoms with Gasteiger partial charge in [-0.25, -0.2) is 12.8 Å². The molecule has 3 N–H and O–H groups in total. The van der Waals surface area contributed by atoms with Crippen molar-refractivity contribution in [3.8, 4) is 5.75 Å². The van der Waals surface area contributed by atoms with Crippen LogP contribution in [-0.4, -0.2) is 44.6 Å². The minimum absolute atomic E-state index is 0.0600. The van der Waals surface area contributed by atoms with Gasteiger partial charge in [0, 0.05) is 25.6 Å². The minimum atomic E-state index is -3.77. The van der Waals surface area contributed by atoms with Crippen LogP contribution < -0.4 is 10.5 Å². The van der Waals surface area contributed by atoms with E-state index in [0.717, 1.165) is 6.07 Å². The molecule has 0 unspecified atom stereocenters. The molecule has 0 amide bonds. The Balaban J connectivity index is 2.32. The molecule has 1 fully saturated rings. The molecule has 106 valence electrons. The van der Waals surface area contributed by atoms with Crippen LogP contribution in [0.25, 0.3) is 0 Å². The molecule has 1 aromatic carbocycles. The highest BCUT2D eigenvalue weighted by Gasteiger charge is 2.36. The van der Waals surface area contributed by atoms with Crippen molar-refractivity contribution in [2.45, 2.75) is 4.90 Å². The maximum Gasteiger partial charge on any atom is 0.243 e. The SMILES string of the molecule is COc1c(N)cc(S(=O)(=O)N2CC(CO)C2)cc1F. The summed E-state index contributed by atoms with van der Waals surface area (Å²) >= 11 is 0. The molecular formula is C11H15FN2O4S. The molecule has 1 saturated heterocycles. The van der Waals surface area contributed by atoms with Gasteiger partial charge in [-0.1, -0.05) is 0 Å². The Morgan fingerprint density at radius 2 is 2.16 bits per heavy atom. The Morgan fingerprint density at radius 3 is 2.63 bits per heavy atom. The quantitative estimate of drug-likeness (QED) is 0.763. The Kier molecular flexibility index (Phi) is 3.66. The summed E-state index contributed by atoms with van der Waals surface area (Å²) in [4.78, 5) is -0.209. The molecular weight excluding hydrogens is 275 g/mol. The fourth-order valence-corrected chi connectivity index (χ4v) is 3.58. The van der Waals surface area contributed by atoms with Crippen LogP contribution >= 0.6 is 0 Å². The highest BCUT2D eigenvalue weighted by molar-refractivity contribution is 7.89. The first-order valence-electron chi connectivity index (χ1n) is 5.64. The van der Waals surface area contributed by atoms with Crippen LogP contribution in [0.1, 0.15) is 0 Å². The van der Waals surface area contributed by atoms with E-state index in [1.165, 1.54) is 17.5 Å². The van der Waals surface area contributed by atoms with Crippen LogP contribution in [0.4, 0.5) is 10.1 Å². The van der Waals surface area contributed by atoms with Gasteiger partial charge in [0.25, 0.3) is 0 Å². The number of halogens is 1. The molecule has 0 radical (unpaired) electrons. The Labute approximate surface area is 110 Å². The standard InChI is InChI=1S/C11H15FN2O4S/c1-18-11-9(12)2-8(3-10(11)13)19(16,17)14-4-7(5-14)6-15/h2-3,7,15H,4-6,13H2,1H3. The van der Waals surface area contributed by atoms with Crippen LogP contribution in [0.2, 0.25) is 0 Å². The van der Waals surface area contributed by atoms with Gasteiger partial charge in [-0.3, -0.25) is 0 Å². The molecule has 1 aromatic rings. The lowest BCUT2D eigenvalue weighted by Crippen LogP contribution is -2.51. The van der Waals surface area contributed by atoms with Gasteiger partial charge >= 0.3 is 0 Å². The van der Waals surface area contributed by atoms with Crippen molar-refractivity contribution in [1.82, 2.24) is 4.31 Å². The number of benzene rings is 1. The molecule has 19 heavy (non-hydrogen) atoms. The van der Waals surface area contributed by atoms with Crippen LogP contribution in [0.5, 0.6) is 5.75 Å². The van der Waals surface area contributed by atoms with Gasteiger partial charge in [0.2, 0.25) is 10.0 Å². The number of anilines is 1. The number of hydrogen-bond donors (Lipinski definition) is 2. The van der Waals surface area contributed by atoms with Crippen molar-refractivity contribution in [3.63, 3.8) is 0 Å². The molecule has 0 aliphatic carbocycles. The van der Waals surface area contributed by atoms with E-state index >= 15 is 0 Å². The number of nitrogen functional groups attached to an aromatic ring is 1. The maximum absolute atomic E-state index is 13.6. The number of rotatable bonds is 4. The number of methoxy groups -OCH3 is 1. The molecule has 1 aliphatic heterocycles. The molecule has 0 aromatic heterocycles. The summed E-state index contributed by atoms with van der Waals surface area (Å²) in [5, 5.41) is 8.88. The fourth-order valence-electron chi connectivity index (χ4n) is 1.94. The summed E-state index contributed by atoms with van der Waals surface area (Å²) in [7, 11) is -2.51. The first-order valence-corrected chi connectivity index (χ1v) is 7.08. The number of ether oxygens (including phenoxy) is 1. The zero-order valence-corrected chi connectivity index (χ0v) is 11.2. The average molecular weight is 290 g/mol. The van der Waals surface area contributed by atoms with Gasteiger partial charge in [-0.15, -0.1) is 0 Å². The predicted molar refractivity (Wildman–Crippen MR) is 66.7 cm³/mol. The number of aliphatic hydroxyl groups is 1. The maximum atomic E-state index is 13.6. The van der Waals surface area contributed by atoms with E-state index in [-0.39, 0.29) is 41.9 Å². The molecule has 0 saturated carbocycles. The predicted octanol–water partition coefficient (Wildman–Crippen LogP) is 0.0293. The van der Waals surface area contributed by atoms with E-state index in [4.69, 9.17) is 15.6 Å². The van der Waals surface area contributed by atoms with E-state index < -0.39 is 15.8 Å². The van der Waals surface area contributed by atoms with Gasteiger partial charge in [-0.2, -0.15) is 4.31 Å². The van der Waals surface area contributed by atoms with E-state index in [1.807, 2.05) is 0 Å². The van der Waals surface area contributed by atoms with Crippen molar-refractivity contribution in [2.24, 2.45) is 5.92 Å². The molecule has 8 heteroatoms. The van der Waals surface area contributed by atoms with Gasteiger partial charge in [0.05, 0.1) is 17.7 Å². The molecule has 0 spiro atoms. The van der Waals surface area contributed by atoms with Crippen LogP contribution in [-0.2, 0) is 10.0 Å². The van der Waals surface area contributed by atoms with Gasteiger partial charge in [0.15, 0.2) is 11.6 Å².